The lowest BCUT2D eigenvalue weighted by Gasteiger charge is -2.23. The zero-order chi connectivity index (χ0) is 13.7. The van der Waals surface area contributed by atoms with Gasteiger partial charge in [0.25, 0.3) is 5.69 Å². The van der Waals surface area contributed by atoms with Crippen molar-refractivity contribution in [1.29, 1.82) is 0 Å². The molecule has 2 rings (SSSR count). The SMILES string of the molecule is CCNc1cc(OC2CCOCC2)cc([N+](=O)[O-])c1. The molecule has 19 heavy (non-hydrogen) atoms. The number of nitrogens with zero attached hydrogens (tertiary/aromatic N) is 1. The highest BCUT2D eigenvalue weighted by Gasteiger charge is 2.17. The Morgan fingerprint density at radius 3 is 2.79 bits per heavy atom. The first-order valence-corrected chi connectivity index (χ1v) is 6.47. The van der Waals surface area contributed by atoms with Crippen molar-refractivity contribution in [2.45, 2.75) is 25.9 Å². The average Bonchev–Trinajstić information content (AvgIpc) is 2.40. The van der Waals surface area contributed by atoms with Gasteiger partial charge in [0.05, 0.1) is 24.2 Å². The van der Waals surface area contributed by atoms with Crippen LogP contribution in [-0.4, -0.2) is 30.8 Å². The Hall–Kier alpha value is -1.82. The smallest absolute Gasteiger partial charge is 0.275 e. The maximum absolute atomic E-state index is 10.9. The molecular weight excluding hydrogens is 248 g/mol. The van der Waals surface area contributed by atoms with Gasteiger partial charge in [-0.1, -0.05) is 0 Å². The summed E-state index contributed by atoms with van der Waals surface area (Å²) < 4.78 is 11.1. The number of ether oxygens (including phenoxy) is 2. The van der Waals surface area contributed by atoms with Gasteiger partial charge in [-0.2, -0.15) is 0 Å². The van der Waals surface area contributed by atoms with E-state index in [2.05, 4.69) is 5.32 Å². The second kappa shape index (κ2) is 6.38. The Morgan fingerprint density at radius 1 is 1.42 bits per heavy atom. The van der Waals surface area contributed by atoms with E-state index in [1.165, 1.54) is 12.1 Å². The molecule has 1 aliphatic rings. The molecule has 0 aromatic heterocycles. The quantitative estimate of drug-likeness (QED) is 0.655. The summed E-state index contributed by atoms with van der Waals surface area (Å²) in [4.78, 5) is 10.5. The summed E-state index contributed by atoms with van der Waals surface area (Å²) in [5.74, 6) is 0.539. The van der Waals surface area contributed by atoms with Crippen molar-refractivity contribution in [1.82, 2.24) is 0 Å². The zero-order valence-electron chi connectivity index (χ0n) is 10.9. The molecule has 0 radical (unpaired) electrons. The Labute approximate surface area is 111 Å². The summed E-state index contributed by atoms with van der Waals surface area (Å²) in [6.45, 7) is 4.01. The predicted molar refractivity (Wildman–Crippen MR) is 71.7 cm³/mol. The second-order valence-electron chi connectivity index (χ2n) is 4.43. The molecule has 1 aromatic carbocycles. The normalized spacial score (nSPS) is 16.1. The largest absolute Gasteiger partial charge is 0.490 e. The second-order valence-corrected chi connectivity index (χ2v) is 4.43. The molecular formula is C13H18N2O4. The highest BCUT2D eigenvalue weighted by Crippen LogP contribution is 2.28. The number of nitro groups is 1. The maximum Gasteiger partial charge on any atom is 0.275 e. The van der Waals surface area contributed by atoms with Crippen LogP contribution >= 0.6 is 0 Å². The molecule has 0 saturated carbocycles. The van der Waals surface area contributed by atoms with Crippen LogP contribution in [0.15, 0.2) is 18.2 Å². The number of nitrogens with one attached hydrogen (secondary N) is 1. The number of anilines is 1. The van der Waals surface area contributed by atoms with Gasteiger partial charge in [0, 0.05) is 37.2 Å². The molecule has 0 unspecified atom stereocenters. The van der Waals surface area contributed by atoms with E-state index in [1.807, 2.05) is 6.92 Å². The summed E-state index contributed by atoms with van der Waals surface area (Å²) in [5.41, 5.74) is 0.749. The van der Waals surface area contributed by atoms with Gasteiger partial charge in [0.1, 0.15) is 11.9 Å². The molecule has 1 heterocycles. The van der Waals surface area contributed by atoms with Gasteiger partial charge < -0.3 is 14.8 Å². The molecule has 104 valence electrons. The Bertz CT molecular complexity index is 444. The standard InChI is InChI=1S/C13H18N2O4/c1-2-14-10-7-11(15(16)17)9-13(8-10)19-12-3-5-18-6-4-12/h7-9,12,14H,2-6H2,1H3. The maximum atomic E-state index is 10.9. The van der Waals surface area contributed by atoms with E-state index < -0.39 is 4.92 Å². The van der Waals surface area contributed by atoms with E-state index in [-0.39, 0.29) is 11.8 Å². The third-order valence-electron chi connectivity index (χ3n) is 2.95. The fourth-order valence-corrected chi connectivity index (χ4v) is 2.05. The number of nitro benzene ring substituents is 1. The van der Waals surface area contributed by atoms with Crippen LogP contribution in [0.3, 0.4) is 0 Å². The molecule has 0 atom stereocenters. The van der Waals surface area contributed by atoms with Crippen LogP contribution in [0, 0.1) is 10.1 Å². The van der Waals surface area contributed by atoms with Crippen LogP contribution in [-0.2, 0) is 4.74 Å². The van der Waals surface area contributed by atoms with Gasteiger partial charge >= 0.3 is 0 Å². The van der Waals surface area contributed by atoms with Gasteiger partial charge in [-0.25, -0.2) is 0 Å². The lowest BCUT2D eigenvalue weighted by atomic mass is 10.1. The minimum absolute atomic E-state index is 0.0421. The number of benzene rings is 1. The summed E-state index contributed by atoms with van der Waals surface area (Å²) in [6, 6.07) is 4.78. The van der Waals surface area contributed by atoms with E-state index >= 15 is 0 Å². The Balaban J connectivity index is 2.15. The Morgan fingerprint density at radius 2 is 2.16 bits per heavy atom. The number of hydrogen-bond donors (Lipinski definition) is 1. The molecule has 0 aliphatic carbocycles. The Kier molecular flexibility index (Phi) is 4.57. The van der Waals surface area contributed by atoms with E-state index in [0.29, 0.717) is 31.2 Å². The van der Waals surface area contributed by atoms with E-state index in [1.54, 1.807) is 6.07 Å². The molecule has 1 aliphatic heterocycles. The molecule has 6 nitrogen and oxygen atoms in total. The van der Waals surface area contributed by atoms with Crippen molar-refractivity contribution in [3.05, 3.63) is 28.3 Å². The molecule has 0 bridgehead atoms. The molecule has 1 saturated heterocycles. The number of non-ortho nitro benzene ring substituents is 1. The van der Waals surface area contributed by atoms with Crippen LogP contribution in [0.25, 0.3) is 0 Å². The molecule has 1 fully saturated rings. The molecule has 0 amide bonds. The van der Waals surface area contributed by atoms with Crippen LogP contribution < -0.4 is 10.1 Å². The van der Waals surface area contributed by atoms with Gasteiger partial charge in [-0.3, -0.25) is 10.1 Å². The van der Waals surface area contributed by atoms with Crippen LogP contribution in [0.1, 0.15) is 19.8 Å². The molecule has 1 N–H and O–H groups in total. The monoisotopic (exact) mass is 266 g/mol. The summed E-state index contributed by atoms with van der Waals surface area (Å²) in [5, 5.41) is 14.0. The van der Waals surface area contributed by atoms with Crippen LogP contribution in [0.5, 0.6) is 5.75 Å². The topological polar surface area (TPSA) is 73.6 Å². The molecule has 1 aromatic rings. The third-order valence-corrected chi connectivity index (χ3v) is 2.95. The number of rotatable bonds is 5. The van der Waals surface area contributed by atoms with Crippen molar-refractivity contribution in [2.75, 3.05) is 25.1 Å². The fourth-order valence-electron chi connectivity index (χ4n) is 2.05. The predicted octanol–water partition coefficient (Wildman–Crippen LogP) is 2.58. The van der Waals surface area contributed by atoms with E-state index in [9.17, 15) is 10.1 Å². The first-order chi connectivity index (χ1) is 9.19. The van der Waals surface area contributed by atoms with Gasteiger partial charge in [-0.05, 0) is 6.92 Å². The first-order valence-electron chi connectivity index (χ1n) is 6.47. The van der Waals surface area contributed by atoms with Gasteiger partial charge in [-0.15, -0.1) is 0 Å². The highest BCUT2D eigenvalue weighted by molar-refractivity contribution is 5.56. The van der Waals surface area contributed by atoms with Crippen molar-refractivity contribution in [3.8, 4) is 5.75 Å². The van der Waals surface area contributed by atoms with Crippen molar-refractivity contribution in [3.63, 3.8) is 0 Å². The van der Waals surface area contributed by atoms with Gasteiger partial charge in [0.2, 0.25) is 0 Å². The number of hydrogen-bond acceptors (Lipinski definition) is 5. The molecule has 6 heteroatoms. The fraction of sp³-hybridized carbons (Fsp3) is 0.538. The van der Waals surface area contributed by atoms with E-state index in [0.717, 1.165) is 12.8 Å². The van der Waals surface area contributed by atoms with Crippen molar-refractivity contribution >= 4 is 11.4 Å². The van der Waals surface area contributed by atoms with Gasteiger partial charge in [0.15, 0.2) is 0 Å². The van der Waals surface area contributed by atoms with Crippen molar-refractivity contribution < 1.29 is 14.4 Å². The summed E-state index contributed by atoms with van der Waals surface area (Å²) >= 11 is 0. The lowest BCUT2D eigenvalue weighted by Crippen LogP contribution is -2.25. The highest BCUT2D eigenvalue weighted by atomic mass is 16.6. The van der Waals surface area contributed by atoms with E-state index in [4.69, 9.17) is 9.47 Å². The minimum Gasteiger partial charge on any atom is -0.490 e. The van der Waals surface area contributed by atoms with Crippen LogP contribution in [0.2, 0.25) is 0 Å². The minimum atomic E-state index is -0.405. The average molecular weight is 266 g/mol. The lowest BCUT2D eigenvalue weighted by molar-refractivity contribution is -0.384. The first kappa shape index (κ1) is 13.6. The third kappa shape index (κ3) is 3.82. The summed E-state index contributed by atoms with van der Waals surface area (Å²) in [6.07, 6.45) is 1.71. The zero-order valence-corrected chi connectivity index (χ0v) is 10.9. The summed E-state index contributed by atoms with van der Waals surface area (Å²) in [7, 11) is 0. The molecule has 0 spiro atoms. The van der Waals surface area contributed by atoms with Crippen molar-refractivity contribution in [2.24, 2.45) is 0 Å². The van der Waals surface area contributed by atoms with Crippen LogP contribution in [0.4, 0.5) is 11.4 Å².